The Kier molecular flexibility index (Phi) is 7.40. The number of aromatic nitrogens is 1. The maximum absolute atomic E-state index is 13.8. The van der Waals surface area contributed by atoms with Crippen molar-refractivity contribution in [1.82, 2.24) is 15.2 Å². The summed E-state index contributed by atoms with van der Waals surface area (Å²) < 4.78 is 26.8. The average molecular weight is 492 g/mol. The van der Waals surface area contributed by atoms with E-state index in [1.807, 2.05) is 4.90 Å². The summed E-state index contributed by atoms with van der Waals surface area (Å²) in [5, 5.41) is 6.04. The van der Waals surface area contributed by atoms with Crippen LogP contribution in [0.4, 0.5) is 19.7 Å². The summed E-state index contributed by atoms with van der Waals surface area (Å²) in [6.45, 7) is 3.91. The smallest absolute Gasteiger partial charge is 0.267 e. The molecule has 0 unspecified atom stereocenters. The lowest BCUT2D eigenvalue weighted by Crippen LogP contribution is -2.40. The first-order valence-corrected chi connectivity index (χ1v) is 12.2. The van der Waals surface area contributed by atoms with Crippen LogP contribution in [-0.2, 0) is 16.1 Å². The third-order valence-corrected chi connectivity index (χ3v) is 7.21. The molecule has 2 saturated heterocycles. The lowest BCUT2D eigenvalue weighted by Gasteiger charge is -2.31. The van der Waals surface area contributed by atoms with Crippen molar-refractivity contribution in [3.05, 3.63) is 40.3 Å². The van der Waals surface area contributed by atoms with Crippen LogP contribution in [0.15, 0.2) is 18.2 Å². The Morgan fingerprint density at radius 1 is 1.12 bits per heavy atom. The largest absolute Gasteiger partial charge is 0.352 e. The topological polar surface area (TPSA) is 94.6 Å². The van der Waals surface area contributed by atoms with Crippen molar-refractivity contribution in [2.24, 2.45) is 5.92 Å². The summed E-state index contributed by atoms with van der Waals surface area (Å²) in [5.74, 6) is -1.88. The Morgan fingerprint density at radius 3 is 2.47 bits per heavy atom. The van der Waals surface area contributed by atoms with Gasteiger partial charge in [-0.1, -0.05) is 17.4 Å². The molecular weight excluding hydrogens is 464 g/mol. The highest BCUT2D eigenvalue weighted by atomic mass is 32.1. The molecule has 4 rings (SSSR count). The SMILES string of the molecule is CC(=O)Nc1nc(N2CCC(C(=O)NCc3ccc(F)cc3F)CC2)sc1C(=O)N1CCCC1. The van der Waals surface area contributed by atoms with Gasteiger partial charge in [0.2, 0.25) is 11.8 Å². The molecule has 2 aliphatic rings. The summed E-state index contributed by atoms with van der Waals surface area (Å²) in [7, 11) is 0. The minimum absolute atomic E-state index is 0.000309. The molecule has 0 radical (unpaired) electrons. The third-order valence-electron chi connectivity index (χ3n) is 6.10. The predicted octanol–water partition coefficient (Wildman–Crippen LogP) is 3.15. The van der Waals surface area contributed by atoms with Crippen molar-refractivity contribution in [2.75, 3.05) is 36.4 Å². The van der Waals surface area contributed by atoms with Gasteiger partial charge < -0.3 is 20.4 Å². The molecule has 2 N–H and O–H groups in total. The Bertz CT molecular complexity index is 1080. The van der Waals surface area contributed by atoms with Crippen LogP contribution in [-0.4, -0.2) is 53.8 Å². The number of amides is 3. The van der Waals surface area contributed by atoms with E-state index >= 15 is 0 Å². The number of carbonyl (C=O) groups is 3. The molecule has 1 aromatic carbocycles. The van der Waals surface area contributed by atoms with Crippen molar-refractivity contribution < 1.29 is 23.2 Å². The van der Waals surface area contributed by atoms with Crippen LogP contribution in [0.5, 0.6) is 0 Å². The van der Waals surface area contributed by atoms with Gasteiger partial charge in [-0.2, -0.15) is 0 Å². The van der Waals surface area contributed by atoms with Crippen LogP contribution < -0.4 is 15.5 Å². The Balaban J connectivity index is 1.37. The second kappa shape index (κ2) is 10.5. The van der Waals surface area contributed by atoms with Crippen molar-refractivity contribution >= 4 is 40.0 Å². The number of thiazole rings is 1. The lowest BCUT2D eigenvalue weighted by molar-refractivity contribution is -0.125. The van der Waals surface area contributed by atoms with Crippen LogP contribution in [0.3, 0.4) is 0 Å². The molecule has 0 spiro atoms. The van der Waals surface area contributed by atoms with Crippen molar-refractivity contribution in [1.29, 1.82) is 0 Å². The molecule has 0 bridgehead atoms. The van der Waals surface area contributed by atoms with Crippen molar-refractivity contribution in [2.45, 2.75) is 39.2 Å². The molecule has 3 amide bonds. The van der Waals surface area contributed by atoms with Gasteiger partial charge in [0.15, 0.2) is 10.9 Å². The number of nitrogens with one attached hydrogen (secondary N) is 2. The van der Waals surface area contributed by atoms with E-state index in [0.717, 1.165) is 25.0 Å². The predicted molar refractivity (Wildman–Crippen MR) is 125 cm³/mol. The number of nitrogens with zero attached hydrogens (tertiary/aromatic N) is 3. The van der Waals surface area contributed by atoms with E-state index in [1.54, 1.807) is 4.90 Å². The fourth-order valence-corrected chi connectivity index (χ4v) is 5.27. The normalized spacial score (nSPS) is 16.6. The molecule has 0 atom stereocenters. The van der Waals surface area contributed by atoms with Crippen LogP contribution in [0.25, 0.3) is 0 Å². The van der Waals surface area contributed by atoms with Crippen molar-refractivity contribution in [3.8, 4) is 0 Å². The zero-order valence-electron chi connectivity index (χ0n) is 18.9. The molecular formula is C23H27F2N5O3S. The van der Waals surface area contributed by atoms with E-state index in [9.17, 15) is 23.2 Å². The fraction of sp³-hybridized carbons (Fsp3) is 0.478. The molecule has 1 aromatic heterocycles. The van der Waals surface area contributed by atoms with Gasteiger partial charge in [-0.05, 0) is 31.7 Å². The molecule has 11 heteroatoms. The van der Waals surface area contributed by atoms with E-state index in [4.69, 9.17) is 0 Å². The highest BCUT2D eigenvalue weighted by molar-refractivity contribution is 7.18. The van der Waals surface area contributed by atoms with Gasteiger partial charge >= 0.3 is 0 Å². The van der Waals surface area contributed by atoms with E-state index < -0.39 is 11.6 Å². The molecule has 8 nitrogen and oxygen atoms in total. The van der Waals surface area contributed by atoms with Gasteiger partial charge in [-0.15, -0.1) is 0 Å². The monoisotopic (exact) mass is 491 g/mol. The minimum Gasteiger partial charge on any atom is -0.352 e. The zero-order valence-corrected chi connectivity index (χ0v) is 19.7. The summed E-state index contributed by atoms with van der Waals surface area (Å²) >= 11 is 1.26. The lowest BCUT2D eigenvalue weighted by atomic mass is 9.96. The standard InChI is InChI=1S/C23H27F2N5O3S/c1-14(31)27-20-19(22(33)29-8-2-3-9-29)34-23(28-20)30-10-6-15(7-11-30)21(32)26-13-16-4-5-17(24)12-18(16)25/h4-5,12,15H,2-3,6-11,13H2,1H3,(H,26,32)(H,27,31). The van der Waals surface area contributed by atoms with Crippen LogP contribution >= 0.6 is 11.3 Å². The van der Waals surface area contributed by atoms with Gasteiger partial charge in [-0.25, -0.2) is 13.8 Å². The average Bonchev–Trinajstić information content (AvgIpc) is 3.48. The number of anilines is 2. The molecule has 2 aromatic rings. The zero-order chi connectivity index (χ0) is 24.2. The minimum atomic E-state index is -0.687. The van der Waals surface area contributed by atoms with Gasteiger partial charge in [0.1, 0.15) is 16.5 Å². The molecule has 2 aliphatic heterocycles. The quantitative estimate of drug-likeness (QED) is 0.648. The Morgan fingerprint density at radius 2 is 1.82 bits per heavy atom. The second-order valence-corrected chi connectivity index (χ2v) is 9.55. The van der Waals surface area contributed by atoms with Gasteiger partial charge in [0.05, 0.1) is 0 Å². The summed E-state index contributed by atoms with van der Waals surface area (Å²) in [6, 6.07) is 3.28. The fourth-order valence-electron chi connectivity index (χ4n) is 4.23. The van der Waals surface area contributed by atoms with Gasteiger partial charge in [0, 0.05) is 57.2 Å². The molecule has 3 heterocycles. The number of likely N-dealkylation sites (tertiary alicyclic amines) is 1. The van der Waals surface area contributed by atoms with Crippen molar-refractivity contribution in [3.63, 3.8) is 0 Å². The van der Waals surface area contributed by atoms with Crippen LogP contribution in [0, 0.1) is 17.6 Å². The number of hydrogen-bond acceptors (Lipinski definition) is 6. The highest BCUT2D eigenvalue weighted by Gasteiger charge is 2.30. The summed E-state index contributed by atoms with van der Waals surface area (Å²) in [4.78, 5) is 45.9. The molecule has 2 fully saturated rings. The van der Waals surface area contributed by atoms with Crippen LogP contribution in [0.2, 0.25) is 0 Å². The number of carbonyl (C=O) groups excluding carboxylic acids is 3. The van der Waals surface area contributed by atoms with E-state index in [-0.39, 0.29) is 41.6 Å². The van der Waals surface area contributed by atoms with E-state index in [2.05, 4.69) is 15.6 Å². The Hall–Kier alpha value is -3.08. The molecule has 34 heavy (non-hydrogen) atoms. The maximum Gasteiger partial charge on any atom is 0.267 e. The number of piperidine rings is 1. The maximum atomic E-state index is 13.8. The first-order valence-electron chi connectivity index (χ1n) is 11.4. The highest BCUT2D eigenvalue weighted by Crippen LogP contribution is 2.34. The summed E-state index contributed by atoms with van der Waals surface area (Å²) in [6.07, 6.45) is 3.08. The van der Waals surface area contributed by atoms with Gasteiger partial charge in [-0.3, -0.25) is 14.4 Å². The third kappa shape index (κ3) is 5.52. The summed E-state index contributed by atoms with van der Waals surface area (Å²) in [5.41, 5.74) is 0.232. The molecule has 0 saturated carbocycles. The number of benzene rings is 1. The molecule has 182 valence electrons. The number of rotatable bonds is 6. The first kappa shape index (κ1) is 24.1. The Labute approximate surface area is 200 Å². The first-order chi connectivity index (χ1) is 16.3. The van der Waals surface area contributed by atoms with Crippen LogP contribution in [0.1, 0.15) is 47.8 Å². The number of halogens is 2. The van der Waals surface area contributed by atoms with E-state index in [1.165, 1.54) is 24.3 Å². The number of hydrogen-bond donors (Lipinski definition) is 2. The molecule has 0 aliphatic carbocycles. The van der Waals surface area contributed by atoms with Gasteiger partial charge in [0.25, 0.3) is 5.91 Å². The second-order valence-electron chi connectivity index (χ2n) is 8.57. The van der Waals surface area contributed by atoms with E-state index in [0.29, 0.717) is 49.0 Å².